The number of nitrogens with zero attached hydrogens (tertiary/aromatic N) is 4. The third kappa shape index (κ3) is 3.69. The van der Waals surface area contributed by atoms with Crippen molar-refractivity contribution in [2.45, 2.75) is 24.7 Å². The van der Waals surface area contributed by atoms with E-state index < -0.39 is 5.92 Å². The Hall–Kier alpha value is -4.58. The van der Waals surface area contributed by atoms with E-state index in [4.69, 9.17) is 15.2 Å². The van der Waals surface area contributed by atoms with Crippen LogP contribution in [0.15, 0.2) is 77.5 Å². The average Bonchev–Trinajstić information content (AvgIpc) is 3.42. The summed E-state index contributed by atoms with van der Waals surface area (Å²) >= 11 is 0. The van der Waals surface area contributed by atoms with Crippen molar-refractivity contribution in [2.24, 2.45) is 5.73 Å². The van der Waals surface area contributed by atoms with Crippen LogP contribution in [-0.4, -0.2) is 35.2 Å². The van der Waals surface area contributed by atoms with Gasteiger partial charge in [-0.3, -0.25) is 9.69 Å². The SMILES string of the molecule is COc1ccc(C2C(C#N)=C(N)N(c3ncn[nH]3)C3=C2C(=O)CC(c2ccccc2)C3)cc1OC. The van der Waals surface area contributed by atoms with Crippen molar-refractivity contribution in [1.29, 1.82) is 5.26 Å². The number of aromatic amines is 1. The molecular weight excluding hydrogens is 444 g/mol. The molecule has 2 unspecified atom stereocenters. The summed E-state index contributed by atoms with van der Waals surface area (Å²) in [5.74, 6) is 0.919. The molecule has 2 atom stereocenters. The standard InChI is InChI=1S/C26H24N6O3/c1-34-21-9-8-16(12-22(21)35-2)23-18(13-27)25(28)32(26-29-14-30-31-26)19-10-17(11-20(33)24(19)23)15-6-4-3-5-7-15/h3-9,12,14,17,23H,10-11,28H2,1-2H3,(H,29,30,31). The average molecular weight is 469 g/mol. The molecule has 2 aromatic carbocycles. The van der Waals surface area contributed by atoms with E-state index in [-0.39, 0.29) is 23.1 Å². The van der Waals surface area contributed by atoms with Crippen LogP contribution in [0.1, 0.15) is 35.8 Å². The summed E-state index contributed by atoms with van der Waals surface area (Å²) in [5.41, 5.74) is 9.91. The monoisotopic (exact) mass is 468 g/mol. The highest BCUT2D eigenvalue weighted by molar-refractivity contribution is 6.01. The number of H-pyrrole nitrogens is 1. The van der Waals surface area contributed by atoms with Crippen LogP contribution >= 0.6 is 0 Å². The minimum Gasteiger partial charge on any atom is -0.493 e. The second-order valence-electron chi connectivity index (χ2n) is 8.40. The van der Waals surface area contributed by atoms with Gasteiger partial charge in [0.25, 0.3) is 0 Å². The molecule has 0 saturated heterocycles. The molecular formula is C26H24N6O3. The molecule has 2 heterocycles. The van der Waals surface area contributed by atoms with Crippen LogP contribution in [-0.2, 0) is 4.79 Å². The van der Waals surface area contributed by atoms with Crippen LogP contribution in [0.2, 0.25) is 0 Å². The molecule has 0 radical (unpaired) electrons. The number of ketones is 1. The first-order valence-corrected chi connectivity index (χ1v) is 11.2. The predicted molar refractivity (Wildman–Crippen MR) is 128 cm³/mol. The van der Waals surface area contributed by atoms with Crippen LogP contribution < -0.4 is 20.1 Å². The summed E-state index contributed by atoms with van der Waals surface area (Å²) in [5, 5.41) is 17.0. The van der Waals surface area contributed by atoms with Crippen molar-refractivity contribution in [3.8, 4) is 17.6 Å². The van der Waals surface area contributed by atoms with Gasteiger partial charge in [-0.25, -0.2) is 5.10 Å². The third-order valence-corrected chi connectivity index (χ3v) is 6.59. The summed E-state index contributed by atoms with van der Waals surface area (Å²) in [6, 6.07) is 17.6. The van der Waals surface area contributed by atoms with Gasteiger partial charge in [-0.2, -0.15) is 15.3 Å². The van der Waals surface area contributed by atoms with Crippen molar-refractivity contribution < 1.29 is 14.3 Å². The highest BCUT2D eigenvalue weighted by Crippen LogP contribution is 2.49. The van der Waals surface area contributed by atoms with Crippen LogP contribution in [0.3, 0.4) is 0 Å². The van der Waals surface area contributed by atoms with E-state index in [1.54, 1.807) is 31.3 Å². The van der Waals surface area contributed by atoms with Gasteiger partial charge in [0.2, 0.25) is 5.95 Å². The summed E-state index contributed by atoms with van der Waals surface area (Å²) in [6.45, 7) is 0. The first-order valence-electron chi connectivity index (χ1n) is 11.2. The lowest BCUT2D eigenvalue weighted by atomic mass is 9.72. The Morgan fingerprint density at radius 1 is 1.09 bits per heavy atom. The van der Waals surface area contributed by atoms with Crippen LogP contribution in [0.4, 0.5) is 5.95 Å². The van der Waals surface area contributed by atoms with Crippen molar-refractivity contribution >= 4 is 11.7 Å². The molecule has 0 amide bonds. The zero-order valence-corrected chi connectivity index (χ0v) is 19.4. The number of hydrogen-bond acceptors (Lipinski definition) is 8. The van der Waals surface area contributed by atoms with Gasteiger partial charge < -0.3 is 15.2 Å². The zero-order valence-electron chi connectivity index (χ0n) is 19.4. The molecule has 0 bridgehead atoms. The van der Waals surface area contributed by atoms with E-state index in [9.17, 15) is 10.1 Å². The van der Waals surface area contributed by atoms with Crippen molar-refractivity contribution in [3.63, 3.8) is 0 Å². The fourth-order valence-electron chi connectivity index (χ4n) is 5.00. The zero-order chi connectivity index (χ0) is 24.5. The number of Topliss-reactive ketones (excluding diaryl/α,β-unsaturated/α-hetero) is 1. The maximum absolute atomic E-state index is 13.8. The molecule has 1 aromatic heterocycles. The van der Waals surface area contributed by atoms with Crippen molar-refractivity contribution in [1.82, 2.24) is 15.2 Å². The Labute approximate surface area is 202 Å². The second-order valence-corrected chi connectivity index (χ2v) is 8.40. The number of methoxy groups -OCH3 is 2. The van der Waals surface area contributed by atoms with Crippen LogP contribution in [0.25, 0.3) is 0 Å². The van der Waals surface area contributed by atoms with E-state index in [1.165, 1.54) is 6.33 Å². The number of nitrogens with two attached hydrogens (primary N) is 1. The molecule has 9 heteroatoms. The number of hydrogen-bond donors (Lipinski definition) is 2. The number of allylic oxidation sites excluding steroid dienone is 3. The molecule has 9 nitrogen and oxygen atoms in total. The first kappa shape index (κ1) is 22.2. The lowest BCUT2D eigenvalue weighted by molar-refractivity contribution is -0.116. The van der Waals surface area contributed by atoms with E-state index in [0.29, 0.717) is 41.6 Å². The quantitative estimate of drug-likeness (QED) is 0.582. The number of nitrogens with one attached hydrogen (secondary N) is 1. The minimum atomic E-state index is -0.641. The van der Waals surface area contributed by atoms with Gasteiger partial charge in [-0.15, -0.1) is 0 Å². The van der Waals surface area contributed by atoms with Gasteiger partial charge in [-0.05, 0) is 35.6 Å². The van der Waals surface area contributed by atoms with Crippen molar-refractivity contribution in [3.05, 3.63) is 88.6 Å². The van der Waals surface area contributed by atoms with Gasteiger partial charge >= 0.3 is 0 Å². The number of anilines is 1. The maximum Gasteiger partial charge on any atom is 0.231 e. The number of carbonyl (C=O) groups is 1. The van der Waals surface area contributed by atoms with Gasteiger partial charge in [0.05, 0.1) is 31.8 Å². The van der Waals surface area contributed by atoms with Crippen LogP contribution in [0, 0.1) is 11.3 Å². The molecule has 3 N–H and O–H groups in total. The number of rotatable bonds is 5. The number of ether oxygens (including phenoxy) is 2. The number of carbonyl (C=O) groups excluding carboxylic acids is 1. The second kappa shape index (κ2) is 8.99. The Balaban J connectivity index is 1.71. The van der Waals surface area contributed by atoms with E-state index >= 15 is 0 Å². The van der Waals surface area contributed by atoms with Crippen molar-refractivity contribution in [2.75, 3.05) is 19.1 Å². The molecule has 35 heavy (non-hydrogen) atoms. The Bertz CT molecular complexity index is 1370. The largest absolute Gasteiger partial charge is 0.493 e. The summed E-state index contributed by atoms with van der Waals surface area (Å²) in [7, 11) is 3.10. The van der Waals surface area contributed by atoms with E-state index in [1.807, 2.05) is 36.4 Å². The summed E-state index contributed by atoms with van der Waals surface area (Å²) in [6.07, 6.45) is 2.25. The van der Waals surface area contributed by atoms with Crippen LogP contribution in [0.5, 0.6) is 11.5 Å². The Morgan fingerprint density at radius 2 is 1.86 bits per heavy atom. The van der Waals surface area contributed by atoms with Gasteiger partial charge in [0.1, 0.15) is 12.1 Å². The lowest BCUT2D eigenvalue weighted by Gasteiger charge is -2.40. The van der Waals surface area contributed by atoms with Gasteiger partial charge in [0.15, 0.2) is 17.3 Å². The molecule has 0 fully saturated rings. The van der Waals surface area contributed by atoms with Gasteiger partial charge in [0, 0.05) is 17.7 Å². The lowest BCUT2D eigenvalue weighted by Crippen LogP contribution is -2.40. The minimum absolute atomic E-state index is 0.0321. The number of benzene rings is 2. The fraction of sp³-hybridized carbons (Fsp3) is 0.231. The highest BCUT2D eigenvalue weighted by atomic mass is 16.5. The smallest absolute Gasteiger partial charge is 0.231 e. The molecule has 5 rings (SSSR count). The highest BCUT2D eigenvalue weighted by Gasteiger charge is 2.43. The summed E-state index contributed by atoms with van der Waals surface area (Å²) < 4.78 is 10.9. The predicted octanol–water partition coefficient (Wildman–Crippen LogP) is 3.52. The number of aromatic nitrogens is 3. The number of nitriles is 1. The third-order valence-electron chi connectivity index (χ3n) is 6.59. The molecule has 176 valence electrons. The normalized spacial score (nSPS) is 19.9. The first-order chi connectivity index (χ1) is 17.1. The Kier molecular flexibility index (Phi) is 5.71. The molecule has 0 spiro atoms. The Morgan fingerprint density at radius 3 is 2.51 bits per heavy atom. The molecule has 0 saturated carbocycles. The topological polar surface area (TPSA) is 130 Å². The molecule has 2 aliphatic rings. The molecule has 1 aliphatic heterocycles. The molecule has 3 aromatic rings. The van der Waals surface area contributed by atoms with E-state index in [2.05, 4.69) is 21.3 Å². The van der Waals surface area contributed by atoms with Gasteiger partial charge in [-0.1, -0.05) is 36.4 Å². The molecule has 1 aliphatic carbocycles. The summed E-state index contributed by atoms with van der Waals surface area (Å²) in [4.78, 5) is 19.7. The maximum atomic E-state index is 13.8. The van der Waals surface area contributed by atoms with E-state index in [0.717, 1.165) is 11.1 Å². The fourth-order valence-corrected chi connectivity index (χ4v) is 5.00.